The lowest BCUT2D eigenvalue weighted by Gasteiger charge is -2.10. The molecule has 1 aliphatic heterocycles. The number of amides is 1. The number of nitrogens with zero attached hydrogens (tertiary/aromatic N) is 2. The Morgan fingerprint density at radius 3 is 2.88 bits per heavy atom. The van der Waals surface area contributed by atoms with Crippen molar-refractivity contribution < 1.29 is 9.53 Å². The fraction of sp³-hybridized carbons (Fsp3) is 0.667. The molecule has 1 saturated heterocycles. The molecule has 0 radical (unpaired) electrons. The van der Waals surface area contributed by atoms with Crippen molar-refractivity contribution in [3.63, 3.8) is 0 Å². The Balaban J connectivity index is 2.12. The van der Waals surface area contributed by atoms with Gasteiger partial charge in [-0.05, 0) is 33.6 Å². The first-order chi connectivity index (χ1) is 8.13. The quantitative estimate of drug-likeness (QED) is 0.869. The highest BCUT2D eigenvalue weighted by molar-refractivity contribution is 5.95. The van der Waals surface area contributed by atoms with Gasteiger partial charge in [0.05, 0.1) is 17.1 Å². The third-order valence-corrected chi connectivity index (χ3v) is 3.15. The van der Waals surface area contributed by atoms with E-state index in [9.17, 15) is 4.79 Å². The average Bonchev–Trinajstić information content (AvgIpc) is 2.92. The van der Waals surface area contributed by atoms with Crippen molar-refractivity contribution in [3.8, 4) is 0 Å². The number of rotatable bonds is 3. The summed E-state index contributed by atoms with van der Waals surface area (Å²) in [5.41, 5.74) is 2.68. The van der Waals surface area contributed by atoms with Gasteiger partial charge in [-0.2, -0.15) is 5.10 Å². The van der Waals surface area contributed by atoms with E-state index in [1.165, 1.54) is 0 Å². The van der Waals surface area contributed by atoms with Gasteiger partial charge in [-0.25, -0.2) is 0 Å². The van der Waals surface area contributed by atoms with Crippen molar-refractivity contribution in [2.75, 3.05) is 11.9 Å². The summed E-state index contributed by atoms with van der Waals surface area (Å²) in [5.74, 6) is -0.0515. The molecule has 1 aromatic heterocycles. The first-order valence-corrected chi connectivity index (χ1v) is 6.10. The topological polar surface area (TPSA) is 56.2 Å². The maximum atomic E-state index is 11.9. The van der Waals surface area contributed by atoms with Crippen molar-refractivity contribution in [2.24, 2.45) is 0 Å². The Kier molecular flexibility index (Phi) is 3.47. The summed E-state index contributed by atoms with van der Waals surface area (Å²) >= 11 is 0. The molecule has 1 atom stereocenters. The van der Waals surface area contributed by atoms with Crippen LogP contribution in [0.5, 0.6) is 0 Å². The summed E-state index contributed by atoms with van der Waals surface area (Å²) in [6, 6.07) is 0. The van der Waals surface area contributed by atoms with Gasteiger partial charge < -0.3 is 10.1 Å². The fourth-order valence-electron chi connectivity index (χ4n) is 2.17. The van der Waals surface area contributed by atoms with Crippen LogP contribution >= 0.6 is 0 Å². The minimum Gasteiger partial charge on any atom is -0.368 e. The molecule has 1 aliphatic rings. The smallest absolute Gasteiger partial charge is 0.253 e. The van der Waals surface area contributed by atoms with E-state index < -0.39 is 0 Å². The van der Waals surface area contributed by atoms with Gasteiger partial charge in [-0.3, -0.25) is 9.48 Å². The van der Waals surface area contributed by atoms with E-state index in [-0.39, 0.29) is 12.0 Å². The van der Waals surface area contributed by atoms with Crippen LogP contribution in [0.3, 0.4) is 0 Å². The van der Waals surface area contributed by atoms with E-state index in [1.807, 2.05) is 25.5 Å². The number of hydrogen-bond donors (Lipinski definition) is 1. The molecule has 2 rings (SSSR count). The van der Waals surface area contributed by atoms with Crippen LogP contribution in [0.4, 0.5) is 5.69 Å². The minimum absolute atomic E-state index is 0.0515. The molecule has 0 saturated carbocycles. The van der Waals surface area contributed by atoms with Crippen molar-refractivity contribution in [1.29, 1.82) is 0 Å². The molecule has 1 aromatic rings. The molecule has 0 aromatic carbocycles. The molecule has 94 valence electrons. The molecule has 1 fully saturated rings. The highest BCUT2D eigenvalue weighted by Crippen LogP contribution is 2.21. The number of aryl methyl sites for hydroxylation is 2. The Morgan fingerprint density at radius 1 is 1.59 bits per heavy atom. The van der Waals surface area contributed by atoms with Crippen LogP contribution in [0, 0.1) is 13.8 Å². The van der Waals surface area contributed by atoms with Gasteiger partial charge in [-0.1, -0.05) is 0 Å². The molecule has 2 heterocycles. The third-order valence-electron chi connectivity index (χ3n) is 3.15. The fourth-order valence-corrected chi connectivity index (χ4v) is 2.17. The zero-order chi connectivity index (χ0) is 12.4. The van der Waals surface area contributed by atoms with Gasteiger partial charge in [0.15, 0.2) is 0 Å². The summed E-state index contributed by atoms with van der Waals surface area (Å²) in [7, 11) is 0. The lowest BCUT2D eigenvalue weighted by Crippen LogP contribution is -2.27. The van der Waals surface area contributed by atoms with Crippen LogP contribution in [0.25, 0.3) is 0 Å². The number of hydrogen-bond acceptors (Lipinski definition) is 3. The van der Waals surface area contributed by atoms with E-state index in [4.69, 9.17) is 4.74 Å². The first-order valence-electron chi connectivity index (χ1n) is 6.10. The lowest BCUT2D eigenvalue weighted by molar-refractivity contribution is -0.124. The van der Waals surface area contributed by atoms with Crippen molar-refractivity contribution in [3.05, 3.63) is 11.4 Å². The number of aromatic nitrogens is 2. The molecule has 1 amide bonds. The van der Waals surface area contributed by atoms with E-state index >= 15 is 0 Å². The van der Waals surface area contributed by atoms with Gasteiger partial charge in [0, 0.05) is 13.2 Å². The monoisotopic (exact) mass is 237 g/mol. The molecule has 17 heavy (non-hydrogen) atoms. The van der Waals surface area contributed by atoms with E-state index in [0.29, 0.717) is 6.61 Å². The number of ether oxygens (including phenoxy) is 1. The van der Waals surface area contributed by atoms with Crippen molar-refractivity contribution in [2.45, 2.75) is 46.3 Å². The second kappa shape index (κ2) is 4.87. The van der Waals surface area contributed by atoms with Gasteiger partial charge in [0.1, 0.15) is 6.10 Å². The first kappa shape index (κ1) is 12.1. The van der Waals surface area contributed by atoms with Crippen molar-refractivity contribution in [1.82, 2.24) is 9.78 Å². The Morgan fingerprint density at radius 2 is 2.35 bits per heavy atom. The van der Waals surface area contributed by atoms with Gasteiger partial charge in [0.2, 0.25) is 0 Å². The van der Waals surface area contributed by atoms with E-state index in [2.05, 4.69) is 10.4 Å². The number of nitrogens with one attached hydrogen (secondary N) is 1. The average molecular weight is 237 g/mol. The van der Waals surface area contributed by atoms with Gasteiger partial charge >= 0.3 is 0 Å². The van der Waals surface area contributed by atoms with Crippen LogP contribution in [0.1, 0.15) is 31.2 Å². The maximum absolute atomic E-state index is 11.9. The zero-order valence-electron chi connectivity index (χ0n) is 10.6. The molecule has 0 spiro atoms. The molecular formula is C12H19N3O2. The largest absolute Gasteiger partial charge is 0.368 e. The summed E-state index contributed by atoms with van der Waals surface area (Å²) < 4.78 is 7.25. The molecule has 0 bridgehead atoms. The standard InChI is InChI=1S/C12H19N3O2/c1-4-15-9(3)11(8(2)14-15)13-12(16)10-6-5-7-17-10/h10H,4-7H2,1-3H3,(H,13,16). The second-order valence-corrected chi connectivity index (χ2v) is 4.35. The third kappa shape index (κ3) is 2.34. The van der Waals surface area contributed by atoms with E-state index in [1.54, 1.807) is 0 Å². The highest BCUT2D eigenvalue weighted by atomic mass is 16.5. The van der Waals surface area contributed by atoms with Crippen LogP contribution in [0.15, 0.2) is 0 Å². The van der Waals surface area contributed by atoms with Crippen LogP contribution in [-0.4, -0.2) is 28.4 Å². The summed E-state index contributed by atoms with van der Waals surface area (Å²) in [6.07, 6.45) is 1.48. The van der Waals surface area contributed by atoms with E-state index in [0.717, 1.165) is 36.5 Å². The molecule has 0 aliphatic carbocycles. The van der Waals surface area contributed by atoms with Crippen molar-refractivity contribution >= 4 is 11.6 Å². The molecule has 5 nitrogen and oxygen atoms in total. The molecule has 5 heteroatoms. The molecular weight excluding hydrogens is 218 g/mol. The summed E-state index contributed by atoms with van der Waals surface area (Å²) in [4.78, 5) is 11.9. The molecule has 1 unspecified atom stereocenters. The predicted octanol–water partition coefficient (Wildman–Crippen LogP) is 1.64. The Hall–Kier alpha value is -1.36. The normalized spacial score (nSPS) is 19.6. The summed E-state index contributed by atoms with van der Waals surface area (Å²) in [5, 5.41) is 7.30. The lowest BCUT2D eigenvalue weighted by atomic mass is 10.2. The number of anilines is 1. The second-order valence-electron chi connectivity index (χ2n) is 4.35. The summed E-state index contributed by atoms with van der Waals surface area (Å²) in [6.45, 7) is 7.40. The maximum Gasteiger partial charge on any atom is 0.253 e. The zero-order valence-corrected chi connectivity index (χ0v) is 10.6. The minimum atomic E-state index is -0.293. The highest BCUT2D eigenvalue weighted by Gasteiger charge is 2.25. The Labute approximate surface area is 101 Å². The van der Waals surface area contributed by atoms with Gasteiger partial charge in [-0.15, -0.1) is 0 Å². The SMILES string of the molecule is CCn1nc(C)c(NC(=O)C2CCCO2)c1C. The predicted molar refractivity (Wildman–Crippen MR) is 65.0 cm³/mol. The van der Waals surface area contributed by atoms with Crippen LogP contribution in [-0.2, 0) is 16.1 Å². The van der Waals surface area contributed by atoms with Crippen LogP contribution in [0.2, 0.25) is 0 Å². The number of carbonyl (C=O) groups is 1. The Bertz CT molecular complexity index is 420. The van der Waals surface area contributed by atoms with Crippen LogP contribution < -0.4 is 5.32 Å². The molecule has 1 N–H and O–H groups in total. The van der Waals surface area contributed by atoms with Gasteiger partial charge in [0.25, 0.3) is 5.91 Å². The number of carbonyl (C=O) groups excluding carboxylic acids is 1.